The fourth-order valence-corrected chi connectivity index (χ4v) is 5.03. The number of hydrogen-bond acceptors (Lipinski definition) is 5. The zero-order valence-electron chi connectivity index (χ0n) is 20.2. The van der Waals surface area contributed by atoms with Crippen molar-refractivity contribution in [2.24, 2.45) is 0 Å². The molecule has 0 unspecified atom stereocenters. The summed E-state index contributed by atoms with van der Waals surface area (Å²) >= 11 is 0. The molecule has 1 heterocycles. The summed E-state index contributed by atoms with van der Waals surface area (Å²) in [6.07, 6.45) is 0. The highest BCUT2D eigenvalue weighted by Gasteiger charge is 2.19. The van der Waals surface area contributed by atoms with E-state index in [9.17, 15) is 13.2 Å². The molecule has 4 aromatic carbocycles. The van der Waals surface area contributed by atoms with Gasteiger partial charge in [0.15, 0.2) is 0 Å². The van der Waals surface area contributed by atoms with E-state index in [2.05, 4.69) is 9.71 Å². The molecular weight excluding hydrogens is 486 g/mol. The van der Waals surface area contributed by atoms with E-state index in [1.54, 1.807) is 36.4 Å². The number of fused-ring (bicyclic) bond motifs is 1. The molecule has 1 amide bonds. The minimum Gasteiger partial charge on any atom is -0.489 e. The van der Waals surface area contributed by atoms with Crippen LogP contribution in [0.5, 0.6) is 5.75 Å². The van der Waals surface area contributed by atoms with E-state index in [1.165, 1.54) is 12.1 Å². The van der Waals surface area contributed by atoms with Crippen molar-refractivity contribution in [2.75, 3.05) is 0 Å². The molecule has 0 bridgehead atoms. The molecule has 0 saturated heterocycles. The largest absolute Gasteiger partial charge is 0.489 e. The van der Waals surface area contributed by atoms with Crippen molar-refractivity contribution in [1.29, 1.82) is 0 Å². The Morgan fingerprint density at radius 1 is 0.865 bits per heavy atom. The van der Waals surface area contributed by atoms with Crippen LogP contribution in [0.25, 0.3) is 11.0 Å². The smallest absolute Gasteiger partial charge is 0.265 e. The number of ether oxygens (including phenoxy) is 1. The second-order valence-electron chi connectivity index (χ2n) is 8.61. The number of nitrogens with zero attached hydrogens (tertiary/aromatic N) is 2. The minimum absolute atomic E-state index is 0.0292. The van der Waals surface area contributed by atoms with Crippen molar-refractivity contribution >= 4 is 27.0 Å². The fourth-order valence-electron chi connectivity index (χ4n) is 4.04. The lowest BCUT2D eigenvalue weighted by atomic mass is 10.1. The van der Waals surface area contributed by atoms with Crippen molar-refractivity contribution in [1.82, 2.24) is 14.3 Å². The number of rotatable bonds is 8. The molecule has 5 aromatic rings. The first-order valence-electron chi connectivity index (χ1n) is 11.7. The Morgan fingerprint density at radius 3 is 2.24 bits per heavy atom. The lowest BCUT2D eigenvalue weighted by Gasteiger charge is -2.10. The number of carbonyl (C=O) groups excluding carboxylic acids is 1. The van der Waals surface area contributed by atoms with Gasteiger partial charge in [-0.15, -0.1) is 0 Å². The number of amides is 1. The molecule has 0 aliphatic carbocycles. The van der Waals surface area contributed by atoms with Gasteiger partial charge in [-0.2, -0.15) is 0 Å². The molecule has 5 rings (SSSR count). The van der Waals surface area contributed by atoms with Gasteiger partial charge in [0, 0.05) is 12.1 Å². The van der Waals surface area contributed by atoms with Crippen LogP contribution in [0, 0.1) is 6.92 Å². The molecule has 7 nitrogen and oxygen atoms in total. The quantitative estimate of drug-likeness (QED) is 0.313. The van der Waals surface area contributed by atoms with Crippen LogP contribution in [0.3, 0.4) is 0 Å². The Bertz CT molecular complexity index is 1650. The minimum atomic E-state index is -3.97. The number of aryl methyl sites for hydroxylation is 1. The molecule has 0 aliphatic rings. The van der Waals surface area contributed by atoms with Crippen molar-refractivity contribution in [3.8, 4) is 5.75 Å². The topological polar surface area (TPSA) is 90.3 Å². The molecule has 186 valence electrons. The lowest BCUT2D eigenvalue weighted by molar-refractivity contribution is 0.0981. The van der Waals surface area contributed by atoms with Gasteiger partial charge >= 0.3 is 0 Å². The Balaban J connectivity index is 1.33. The molecule has 0 fully saturated rings. The van der Waals surface area contributed by atoms with Crippen LogP contribution in [0.1, 0.15) is 27.3 Å². The first-order chi connectivity index (χ1) is 17.9. The van der Waals surface area contributed by atoms with Gasteiger partial charge in [-0.25, -0.2) is 18.1 Å². The SMILES string of the molecule is Cc1nc2ccc(C(=O)NS(=O)(=O)c3ccccc3)cc2n1Cc1ccc(OCc2ccccc2)cc1. The summed E-state index contributed by atoms with van der Waals surface area (Å²) in [7, 11) is -3.97. The maximum Gasteiger partial charge on any atom is 0.265 e. The maximum absolute atomic E-state index is 12.8. The van der Waals surface area contributed by atoms with Gasteiger partial charge in [-0.3, -0.25) is 4.79 Å². The average Bonchev–Trinajstić information content (AvgIpc) is 3.23. The third-order valence-electron chi connectivity index (χ3n) is 5.99. The maximum atomic E-state index is 12.8. The number of hydrogen-bond donors (Lipinski definition) is 1. The van der Waals surface area contributed by atoms with Crippen molar-refractivity contribution in [3.63, 3.8) is 0 Å². The zero-order valence-corrected chi connectivity index (χ0v) is 21.0. The number of imidazole rings is 1. The number of carbonyl (C=O) groups is 1. The van der Waals surface area contributed by atoms with E-state index in [4.69, 9.17) is 4.74 Å². The summed E-state index contributed by atoms with van der Waals surface area (Å²) in [5.74, 6) is 0.864. The van der Waals surface area contributed by atoms with Crippen molar-refractivity contribution in [3.05, 3.63) is 126 Å². The van der Waals surface area contributed by atoms with Crippen LogP contribution in [0.15, 0.2) is 108 Å². The molecule has 0 aliphatic heterocycles. The first-order valence-corrected chi connectivity index (χ1v) is 13.2. The monoisotopic (exact) mass is 511 g/mol. The van der Waals surface area contributed by atoms with Crippen LogP contribution in [0.4, 0.5) is 0 Å². The van der Waals surface area contributed by atoms with Gasteiger partial charge in [0.05, 0.1) is 15.9 Å². The molecule has 8 heteroatoms. The highest BCUT2D eigenvalue weighted by Crippen LogP contribution is 2.21. The van der Waals surface area contributed by atoms with E-state index >= 15 is 0 Å². The van der Waals surface area contributed by atoms with E-state index in [1.807, 2.05) is 66.1 Å². The standard InChI is InChI=1S/C29H25N3O4S/c1-21-30-27-17-14-24(29(33)31-37(34,35)26-10-6-3-7-11-26)18-28(27)32(21)19-22-12-15-25(16-13-22)36-20-23-8-4-2-5-9-23/h2-18H,19-20H2,1H3,(H,31,33). The van der Waals surface area contributed by atoms with Crippen molar-refractivity contribution in [2.45, 2.75) is 25.0 Å². The van der Waals surface area contributed by atoms with Gasteiger partial charge in [0.25, 0.3) is 15.9 Å². The Hall–Kier alpha value is -4.43. The van der Waals surface area contributed by atoms with Crippen molar-refractivity contribution < 1.29 is 17.9 Å². The normalized spacial score (nSPS) is 11.4. The molecule has 0 spiro atoms. The summed E-state index contributed by atoms with van der Waals surface area (Å²) in [6.45, 7) is 2.93. The predicted molar refractivity (Wildman–Crippen MR) is 142 cm³/mol. The van der Waals surface area contributed by atoms with E-state index in [0.29, 0.717) is 13.2 Å². The molecule has 0 radical (unpaired) electrons. The van der Waals surface area contributed by atoms with Gasteiger partial charge in [-0.05, 0) is 60.5 Å². The Morgan fingerprint density at radius 2 is 1.54 bits per heavy atom. The highest BCUT2D eigenvalue weighted by atomic mass is 32.2. The summed E-state index contributed by atoms with van der Waals surface area (Å²) in [4.78, 5) is 17.5. The second-order valence-corrected chi connectivity index (χ2v) is 10.3. The third-order valence-corrected chi connectivity index (χ3v) is 7.34. The van der Waals surface area contributed by atoms with E-state index in [-0.39, 0.29) is 10.5 Å². The van der Waals surface area contributed by atoms with Crippen LogP contribution >= 0.6 is 0 Å². The first kappa shape index (κ1) is 24.3. The summed E-state index contributed by atoms with van der Waals surface area (Å²) in [5, 5.41) is 0. The number of benzene rings is 4. The second kappa shape index (κ2) is 10.3. The molecule has 1 N–H and O–H groups in total. The average molecular weight is 512 g/mol. The number of nitrogens with one attached hydrogen (secondary N) is 1. The van der Waals surface area contributed by atoms with E-state index in [0.717, 1.165) is 33.7 Å². The molecule has 0 atom stereocenters. The van der Waals surface area contributed by atoms with Gasteiger partial charge < -0.3 is 9.30 Å². The van der Waals surface area contributed by atoms with Gasteiger partial charge in [0.2, 0.25) is 0 Å². The zero-order chi connectivity index (χ0) is 25.8. The number of aromatic nitrogens is 2. The summed E-state index contributed by atoms with van der Waals surface area (Å²) < 4.78 is 35.2. The number of sulfonamides is 1. The lowest BCUT2D eigenvalue weighted by Crippen LogP contribution is -2.30. The Kier molecular flexibility index (Phi) is 6.74. The summed E-state index contributed by atoms with van der Waals surface area (Å²) in [5.41, 5.74) is 3.84. The van der Waals surface area contributed by atoms with Gasteiger partial charge in [0.1, 0.15) is 18.2 Å². The van der Waals surface area contributed by atoms with Crippen LogP contribution < -0.4 is 9.46 Å². The van der Waals surface area contributed by atoms with E-state index < -0.39 is 15.9 Å². The highest BCUT2D eigenvalue weighted by molar-refractivity contribution is 7.90. The van der Waals surface area contributed by atoms with Crippen LogP contribution in [-0.4, -0.2) is 23.9 Å². The van der Waals surface area contributed by atoms with Crippen LogP contribution in [-0.2, 0) is 23.2 Å². The third kappa shape index (κ3) is 5.54. The van der Waals surface area contributed by atoms with Crippen LogP contribution in [0.2, 0.25) is 0 Å². The molecule has 1 aromatic heterocycles. The predicted octanol–water partition coefficient (Wildman–Crippen LogP) is 5.09. The molecular formula is C29H25N3O4S. The Labute approximate surface area is 215 Å². The molecule has 37 heavy (non-hydrogen) atoms. The van der Waals surface area contributed by atoms with Gasteiger partial charge in [-0.1, -0.05) is 60.7 Å². The molecule has 0 saturated carbocycles. The fraction of sp³-hybridized carbons (Fsp3) is 0.103. The summed E-state index contributed by atoms with van der Waals surface area (Å²) in [6, 6.07) is 30.6.